The Kier molecular flexibility index (Phi) is 8.30. The van der Waals surface area contributed by atoms with Gasteiger partial charge in [0.15, 0.2) is 9.84 Å². The van der Waals surface area contributed by atoms with Gasteiger partial charge in [0.2, 0.25) is 0 Å². The number of amides is 1. The monoisotopic (exact) mass is 619 g/mol. The number of aliphatic hydroxyl groups is 2. The van der Waals surface area contributed by atoms with Gasteiger partial charge in [-0.15, -0.1) is 0 Å². The molecule has 13 heteroatoms. The summed E-state index contributed by atoms with van der Waals surface area (Å²) in [5.74, 6) is 0.367. The minimum atomic E-state index is -3.44. The summed E-state index contributed by atoms with van der Waals surface area (Å²) in [5, 5.41) is 27.7. The minimum absolute atomic E-state index is 0.0429. The number of nitrogens with one attached hydrogen (secondary N) is 1. The van der Waals surface area contributed by atoms with Gasteiger partial charge in [0.25, 0.3) is 11.5 Å². The second kappa shape index (κ2) is 11.8. The number of carbonyl (C=O) groups excluding carboxylic acids is 1. The summed E-state index contributed by atoms with van der Waals surface area (Å²) < 4.78 is 30.7. The average Bonchev–Trinajstić information content (AvgIpc) is 3.16. The van der Waals surface area contributed by atoms with Crippen LogP contribution in [0.1, 0.15) is 35.3 Å². The summed E-state index contributed by atoms with van der Waals surface area (Å²) in [5.41, 5.74) is 2.10. The van der Waals surface area contributed by atoms with Gasteiger partial charge in [0.1, 0.15) is 23.9 Å². The summed E-state index contributed by atoms with van der Waals surface area (Å²) >= 11 is 0. The lowest BCUT2D eigenvalue weighted by Gasteiger charge is -2.25. The van der Waals surface area contributed by atoms with Crippen molar-refractivity contribution in [3.05, 3.63) is 87.8 Å². The van der Waals surface area contributed by atoms with Crippen LogP contribution in [0.2, 0.25) is 0 Å². The van der Waals surface area contributed by atoms with Crippen LogP contribution < -0.4 is 20.5 Å². The van der Waals surface area contributed by atoms with Crippen molar-refractivity contribution in [2.75, 3.05) is 36.2 Å². The van der Waals surface area contributed by atoms with Gasteiger partial charge in [-0.3, -0.25) is 9.59 Å². The van der Waals surface area contributed by atoms with E-state index in [4.69, 9.17) is 4.74 Å². The molecule has 0 spiro atoms. The normalized spacial score (nSPS) is 13.7. The van der Waals surface area contributed by atoms with Gasteiger partial charge in [-0.2, -0.15) is 5.10 Å². The number of hydrogen-bond donors (Lipinski definition) is 3. The molecule has 1 aliphatic heterocycles. The topological polar surface area (TPSA) is 164 Å². The molecule has 0 saturated carbocycles. The van der Waals surface area contributed by atoms with Gasteiger partial charge in [-0.25, -0.2) is 18.1 Å². The average molecular weight is 620 g/mol. The highest BCUT2D eigenvalue weighted by atomic mass is 32.2. The molecule has 0 fully saturated rings. The lowest BCUT2D eigenvalue weighted by atomic mass is 9.85. The molecule has 1 amide bonds. The highest BCUT2D eigenvalue weighted by molar-refractivity contribution is 7.90. The van der Waals surface area contributed by atoms with Gasteiger partial charge >= 0.3 is 0 Å². The van der Waals surface area contributed by atoms with Crippen LogP contribution in [0.3, 0.4) is 0 Å². The molecular formula is C31H33N5O7S. The van der Waals surface area contributed by atoms with Crippen LogP contribution in [0.15, 0.2) is 70.5 Å². The quantitative estimate of drug-likeness (QED) is 0.267. The first-order valence-corrected chi connectivity index (χ1v) is 15.7. The van der Waals surface area contributed by atoms with E-state index in [1.807, 2.05) is 13.8 Å². The number of nitrogens with zero attached hydrogens (tertiary/aromatic N) is 4. The number of aryl methyl sites for hydroxylation is 1. The SMILES string of the molecule is Cn1nc(-c2cccc(N3CCOc4cc(C(C)(C)CO)ccc4C3=O)c2CO)cc(Nc2ccc(S(C)(=O)=O)cn2)c1=O. The third-order valence-electron chi connectivity index (χ3n) is 7.57. The number of hydrogen-bond acceptors (Lipinski definition) is 10. The molecule has 12 nitrogen and oxygen atoms in total. The Labute approximate surface area is 254 Å². The summed E-state index contributed by atoms with van der Waals surface area (Å²) in [4.78, 5) is 32.5. The van der Waals surface area contributed by atoms with Crippen molar-refractivity contribution in [2.24, 2.45) is 7.05 Å². The lowest BCUT2D eigenvalue weighted by molar-refractivity contribution is 0.0989. The third kappa shape index (κ3) is 5.94. The Balaban J connectivity index is 1.52. The van der Waals surface area contributed by atoms with Crippen molar-refractivity contribution in [3.63, 3.8) is 0 Å². The molecule has 0 atom stereocenters. The highest BCUT2D eigenvalue weighted by Crippen LogP contribution is 2.36. The smallest absolute Gasteiger partial charge is 0.290 e. The summed E-state index contributed by atoms with van der Waals surface area (Å²) in [6, 6.07) is 14.8. The van der Waals surface area contributed by atoms with E-state index in [9.17, 15) is 28.2 Å². The van der Waals surface area contributed by atoms with Gasteiger partial charge in [0.05, 0.1) is 41.6 Å². The maximum Gasteiger partial charge on any atom is 0.290 e. The zero-order valence-electron chi connectivity index (χ0n) is 24.7. The number of anilines is 3. The number of aromatic nitrogens is 3. The Morgan fingerprint density at radius 2 is 1.82 bits per heavy atom. The van der Waals surface area contributed by atoms with Crippen molar-refractivity contribution in [3.8, 4) is 17.0 Å². The minimum Gasteiger partial charge on any atom is -0.491 e. The van der Waals surface area contributed by atoms with Crippen molar-refractivity contribution >= 4 is 32.9 Å². The van der Waals surface area contributed by atoms with E-state index in [-0.39, 0.29) is 42.1 Å². The van der Waals surface area contributed by atoms with Gasteiger partial charge in [-0.1, -0.05) is 32.0 Å². The van der Waals surface area contributed by atoms with Gasteiger partial charge < -0.3 is 25.2 Å². The maximum atomic E-state index is 13.8. The van der Waals surface area contributed by atoms with Gasteiger partial charge in [-0.05, 0) is 42.0 Å². The number of benzene rings is 2. The number of fused-ring (bicyclic) bond motifs is 1. The van der Waals surface area contributed by atoms with Crippen molar-refractivity contribution in [1.82, 2.24) is 14.8 Å². The van der Waals surface area contributed by atoms with Crippen LogP contribution in [-0.4, -0.2) is 65.3 Å². The number of pyridine rings is 1. The number of sulfone groups is 1. The fraction of sp³-hybridized carbons (Fsp3) is 0.290. The number of ether oxygens (including phenoxy) is 1. The maximum absolute atomic E-state index is 13.8. The van der Waals surface area contributed by atoms with Crippen LogP contribution in [0, 0.1) is 0 Å². The lowest BCUT2D eigenvalue weighted by Crippen LogP contribution is -2.33. The standard InChI is InChI=1S/C31H33N5O7S/c1-31(2,18-38)19-8-10-22-27(14-19)43-13-12-36(29(22)39)26-7-5-6-21(23(26)17-37)24-15-25(30(40)35(3)34-24)33-28-11-9-20(16-32-28)44(4,41)42/h5-11,14-16,37-38H,12-13,17-18H2,1-4H3,(H,32,33). The Bertz CT molecular complexity index is 1900. The molecule has 4 aromatic rings. The molecule has 2 aromatic carbocycles. The first-order chi connectivity index (χ1) is 20.8. The molecular weight excluding hydrogens is 586 g/mol. The van der Waals surface area contributed by atoms with E-state index in [1.54, 1.807) is 41.3 Å². The van der Waals surface area contributed by atoms with E-state index in [0.29, 0.717) is 33.8 Å². The molecule has 0 aliphatic carbocycles. The van der Waals surface area contributed by atoms with Crippen LogP contribution >= 0.6 is 0 Å². The van der Waals surface area contributed by atoms with E-state index in [0.717, 1.165) is 16.5 Å². The predicted molar refractivity (Wildman–Crippen MR) is 165 cm³/mol. The number of rotatable bonds is 8. The fourth-order valence-electron chi connectivity index (χ4n) is 4.93. The molecule has 0 radical (unpaired) electrons. The van der Waals surface area contributed by atoms with Crippen LogP contribution in [-0.2, 0) is 28.9 Å². The molecule has 3 N–H and O–H groups in total. The third-order valence-corrected chi connectivity index (χ3v) is 8.67. The zero-order chi connectivity index (χ0) is 31.8. The van der Waals surface area contributed by atoms with E-state index >= 15 is 0 Å². The zero-order valence-corrected chi connectivity index (χ0v) is 25.6. The van der Waals surface area contributed by atoms with Crippen LogP contribution in [0.25, 0.3) is 11.3 Å². The second-order valence-corrected chi connectivity index (χ2v) is 13.2. The van der Waals surface area contributed by atoms with E-state index < -0.39 is 27.4 Å². The molecule has 0 saturated heterocycles. The summed E-state index contributed by atoms with van der Waals surface area (Å²) in [6.07, 6.45) is 2.28. The Morgan fingerprint density at radius 1 is 1.05 bits per heavy atom. The van der Waals surface area contributed by atoms with Crippen molar-refractivity contribution < 1.29 is 28.2 Å². The largest absolute Gasteiger partial charge is 0.491 e. The number of aliphatic hydroxyl groups excluding tert-OH is 2. The molecule has 3 heterocycles. The predicted octanol–water partition coefficient (Wildman–Crippen LogP) is 2.79. The Morgan fingerprint density at radius 3 is 2.48 bits per heavy atom. The highest BCUT2D eigenvalue weighted by Gasteiger charge is 2.29. The van der Waals surface area contributed by atoms with Crippen molar-refractivity contribution in [2.45, 2.75) is 30.8 Å². The van der Waals surface area contributed by atoms with E-state index in [1.165, 1.54) is 31.4 Å². The Hall–Kier alpha value is -4.59. The van der Waals surface area contributed by atoms with Crippen LogP contribution in [0.4, 0.5) is 17.2 Å². The molecule has 5 rings (SSSR count). The van der Waals surface area contributed by atoms with Crippen molar-refractivity contribution in [1.29, 1.82) is 0 Å². The molecule has 44 heavy (non-hydrogen) atoms. The first kappa shape index (κ1) is 30.9. The van der Waals surface area contributed by atoms with E-state index in [2.05, 4.69) is 15.4 Å². The van der Waals surface area contributed by atoms with Gasteiger partial charge in [0, 0.05) is 36.0 Å². The second-order valence-electron chi connectivity index (χ2n) is 11.2. The van der Waals surface area contributed by atoms with Crippen LogP contribution in [0.5, 0.6) is 5.75 Å². The number of carbonyl (C=O) groups is 1. The summed E-state index contributed by atoms with van der Waals surface area (Å²) in [7, 11) is -1.95. The molecule has 1 aliphatic rings. The molecule has 230 valence electrons. The molecule has 0 unspecified atom stereocenters. The first-order valence-electron chi connectivity index (χ1n) is 13.8. The molecule has 0 bridgehead atoms. The molecule has 2 aromatic heterocycles. The fourth-order valence-corrected chi connectivity index (χ4v) is 5.49. The summed E-state index contributed by atoms with van der Waals surface area (Å²) in [6.45, 7) is 3.73.